The molecule has 3 rings (SSSR count). The van der Waals surface area contributed by atoms with Gasteiger partial charge >= 0.3 is 0 Å². The number of hydrogen-bond acceptors (Lipinski definition) is 6. The number of aryl methyl sites for hydroxylation is 1. The first-order chi connectivity index (χ1) is 12.7. The number of amides is 1. The summed E-state index contributed by atoms with van der Waals surface area (Å²) in [5.41, 5.74) is 2.46. The molecule has 0 fully saturated rings. The third-order valence-corrected chi connectivity index (χ3v) is 7.73. The third-order valence-electron chi connectivity index (χ3n) is 4.14. The number of sulfonamides is 1. The van der Waals surface area contributed by atoms with Crippen LogP contribution in [-0.4, -0.2) is 37.7 Å². The van der Waals surface area contributed by atoms with Crippen molar-refractivity contribution in [2.75, 3.05) is 19.4 Å². The molecule has 0 atom stereocenters. The van der Waals surface area contributed by atoms with Gasteiger partial charge in [-0.25, -0.2) is 17.7 Å². The molecular formula is C18H19N3O3S3. The minimum Gasteiger partial charge on any atom is -0.298 e. The smallest absolute Gasteiger partial charge is 0.257 e. The van der Waals surface area contributed by atoms with Crippen LogP contribution in [0.3, 0.4) is 0 Å². The summed E-state index contributed by atoms with van der Waals surface area (Å²) < 4.78 is 26.3. The molecule has 27 heavy (non-hydrogen) atoms. The molecule has 2 aromatic heterocycles. The molecule has 0 saturated carbocycles. The number of rotatable bonds is 5. The Kier molecular flexibility index (Phi) is 5.48. The molecule has 9 heteroatoms. The summed E-state index contributed by atoms with van der Waals surface area (Å²) in [7, 11) is -0.701. The third kappa shape index (κ3) is 3.96. The average molecular weight is 422 g/mol. The lowest BCUT2D eigenvalue weighted by Crippen LogP contribution is -2.24. The lowest BCUT2D eigenvalue weighted by Gasteiger charge is -2.16. The number of carbonyl (C=O) groups excluding carboxylic acids is 1. The van der Waals surface area contributed by atoms with Gasteiger partial charge in [0.05, 0.1) is 15.5 Å². The number of anilines is 1. The van der Waals surface area contributed by atoms with Crippen LogP contribution < -0.4 is 5.32 Å². The number of nitrogens with one attached hydrogen (secondary N) is 1. The molecule has 142 valence electrons. The summed E-state index contributed by atoms with van der Waals surface area (Å²) in [5.74, 6) is -0.389. The van der Waals surface area contributed by atoms with Crippen molar-refractivity contribution >= 4 is 43.7 Å². The number of thiazole rings is 1. The van der Waals surface area contributed by atoms with E-state index in [1.54, 1.807) is 31.3 Å². The van der Waals surface area contributed by atoms with Gasteiger partial charge in [0.25, 0.3) is 5.91 Å². The van der Waals surface area contributed by atoms with Gasteiger partial charge < -0.3 is 0 Å². The number of benzene rings is 1. The number of carbonyl (C=O) groups is 1. The normalized spacial score (nSPS) is 11.7. The van der Waals surface area contributed by atoms with Crippen molar-refractivity contribution in [2.24, 2.45) is 0 Å². The Morgan fingerprint density at radius 1 is 1.19 bits per heavy atom. The van der Waals surface area contributed by atoms with E-state index >= 15 is 0 Å². The molecule has 0 spiro atoms. The molecule has 0 unspecified atom stereocenters. The van der Waals surface area contributed by atoms with E-state index in [0.29, 0.717) is 10.7 Å². The van der Waals surface area contributed by atoms with E-state index in [0.717, 1.165) is 20.4 Å². The lowest BCUT2D eigenvalue weighted by atomic mass is 10.1. The first kappa shape index (κ1) is 19.7. The first-order valence-electron chi connectivity index (χ1n) is 8.04. The van der Waals surface area contributed by atoms with E-state index in [1.165, 1.54) is 31.5 Å². The molecule has 3 aromatic rings. The Morgan fingerprint density at radius 3 is 2.56 bits per heavy atom. The molecule has 1 aromatic carbocycles. The van der Waals surface area contributed by atoms with E-state index in [4.69, 9.17) is 0 Å². The highest BCUT2D eigenvalue weighted by Crippen LogP contribution is 2.29. The van der Waals surface area contributed by atoms with Crippen LogP contribution in [-0.2, 0) is 10.0 Å². The Hall–Kier alpha value is -2.07. The van der Waals surface area contributed by atoms with Gasteiger partial charge in [0.1, 0.15) is 0 Å². The van der Waals surface area contributed by atoms with Crippen molar-refractivity contribution in [1.82, 2.24) is 9.29 Å². The highest BCUT2D eigenvalue weighted by Gasteiger charge is 2.23. The molecule has 2 heterocycles. The fourth-order valence-electron chi connectivity index (χ4n) is 2.46. The second-order valence-electron chi connectivity index (χ2n) is 6.17. The largest absolute Gasteiger partial charge is 0.298 e. The molecule has 6 nitrogen and oxygen atoms in total. The van der Waals surface area contributed by atoms with E-state index in [9.17, 15) is 13.2 Å². The predicted molar refractivity (Wildman–Crippen MR) is 110 cm³/mol. The van der Waals surface area contributed by atoms with Crippen LogP contribution in [0.2, 0.25) is 0 Å². The van der Waals surface area contributed by atoms with Gasteiger partial charge in [-0.3, -0.25) is 10.1 Å². The fourth-order valence-corrected chi connectivity index (χ4v) is 5.14. The van der Waals surface area contributed by atoms with Crippen molar-refractivity contribution in [3.63, 3.8) is 0 Å². The van der Waals surface area contributed by atoms with Gasteiger partial charge in [-0.05, 0) is 48.6 Å². The maximum Gasteiger partial charge on any atom is 0.257 e. The molecule has 0 saturated heterocycles. The number of thiophene rings is 1. The molecule has 0 aliphatic heterocycles. The summed E-state index contributed by atoms with van der Waals surface area (Å²) in [6.07, 6.45) is 0. The number of hydrogen-bond donors (Lipinski definition) is 1. The zero-order chi connectivity index (χ0) is 19.8. The summed E-state index contributed by atoms with van der Waals surface area (Å²) in [5, 5.41) is 7.08. The highest BCUT2D eigenvalue weighted by atomic mass is 32.2. The number of aromatic nitrogens is 1. The van der Waals surface area contributed by atoms with E-state index < -0.39 is 10.0 Å². The minimum absolute atomic E-state index is 0.135. The molecule has 0 aliphatic rings. The van der Waals surface area contributed by atoms with Gasteiger partial charge in [-0.1, -0.05) is 6.07 Å². The SMILES string of the molecule is Cc1cc(C(=O)Nc2nc(-c3cccs3)cs2)cc(S(=O)(=O)N(C)C)c1C. The second kappa shape index (κ2) is 7.51. The van der Waals surface area contributed by atoms with Crippen LogP contribution >= 0.6 is 22.7 Å². The lowest BCUT2D eigenvalue weighted by molar-refractivity contribution is 0.102. The summed E-state index contributed by atoms with van der Waals surface area (Å²) in [6, 6.07) is 7.01. The van der Waals surface area contributed by atoms with Crippen molar-refractivity contribution in [3.05, 3.63) is 51.7 Å². The van der Waals surface area contributed by atoms with Crippen LogP contribution in [0.1, 0.15) is 21.5 Å². The van der Waals surface area contributed by atoms with Gasteiger partial charge in [-0.2, -0.15) is 0 Å². The maximum absolute atomic E-state index is 12.7. The highest BCUT2D eigenvalue weighted by molar-refractivity contribution is 7.89. The van der Waals surface area contributed by atoms with Gasteiger partial charge in [0.2, 0.25) is 10.0 Å². The van der Waals surface area contributed by atoms with E-state index in [1.807, 2.05) is 22.9 Å². The predicted octanol–water partition coefficient (Wildman–Crippen LogP) is 3.99. The van der Waals surface area contributed by atoms with Crippen molar-refractivity contribution in [1.29, 1.82) is 0 Å². The van der Waals surface area contributed by atoms with Crippen molar-refractivity contribution < 1.29 is 13.2 Å². The first-order valence-corrected chi connectivity index (χ1v) is 11.2. The molecule has 1 N–H and O–H groups in total. The van der Waals surface area contributed by atoms with E-state index in [2.05, 4.69) is 10.3 Å². The van der Waals surface area contributed by atoms with Gasteiger partial charge in [0, 0.05) is 25.0 Å². The van der Waals surface area contributed by atoms with Crippen LogP contribution in [0.5, 0.6) is 0 Å². The van der Waals surface area contributed by atoms with E-state index in [-0.39, 0.29) is 16.4 Å². The molecule has 1 amide bonds. The molecule has 0 bridgehead atoms. The second-order valence-corrected chi connectivity index (χ2v) is 10.1. The number of nitrogens with zero attached hydrogens (tertiary/aromatic N) is 2. The Labute approximate surface area is 166 Å². The monoisotopic (exact) mass is 421 g/mol. The Balaban J connectivity index is 1.90. The quantitative estimate of drug-likeness (QED) is 0.675. The van der Waals surface area contributed by atoms with Gasteiger partial charge in [-0.15, -0.1) is 22.7 Å². The van der Waals surface area contributed by atoms with Crippen LogP contribution in [0, 0.1) is 13.8 Å². The molecule has 0 radical (unpaired) electrons. The van der Waals surface area contributed by atoms with Crippen LogP contribution in [0.15, 0.2) is 39.9 Å². The van der Waals surface area contributed by atoms with Crippen LogP contribution in [0.4, 0.5) is 5.13 Å². The standard InChI is InChI=1S/C18H19N3O3S3/c1-11-8-13(9-16(12(11)2)27(23,24)21(3)4)17(22)20-18-19-14(10-26-18)15-6-5-7-25-15/h5-10H,1-4H3,(H,19,20,22). The van der Waals surface area contributed by atoms with Gasteiger partial charge in [0.15, 0.2) is 5.13 Å². The summed E-state index contributed by atoms with van der Waals surface area (Å²) >= 11 is 2.91. The average Bonchev–Trinajstić information content (AvgIpc) is 3.28. The molecule has 0 aliphatic carbocycles. The summed E-state index contributed by atoms with van der Waals surface area (Å²) in [6.45, 7) is 3.53. The van der Waals surface area contributed by atoms with Crippen LogP contribution in [0.25, 0.3) is 10.6 Å². The Bertz CT molecular complexity index is 1080. The maximum atomic E-state index is 12.7. The summed E-state index contributed by atoms with van der Waals surface area (Å²) in [4.78, 5) is 18.3. The Morgan fingerprint density at radius 2 is 1.93 bits per heavy atom. The fraction of sp³-hybridized carbons (Fsp3) is 0.222. The minimum atomic E-state index is -3.64. The zero-order valence-corrected chi connectivity index (χ0v) is 17.8. The molecular weight excluding hydrogens is 402 g/mol. The van der Waals surface area contributed by atoms with Crippen molar-refractivity contribution in [3.8, 4) is 10.6 Å². The van der Waals surface area contributed by atoms with Crippen molar-refractivity contribution in [2.45, 2.75) is 18.7 Å². The zero-order valence-electron chi connectivity index (χ0n) is 15.3. The topological polar surface area (TPSA) is 79.4 Å².